The zero-order chi connectivity index (χ0) is 27.4. The van der Waals surface area contributed by atoms with Gasteiger partial charge in [0.15, 0.2) is 0 Å². The van der Waals surface area contributed by atoms with Crippen LogP contribution in [0.5, 0.6) is 0 Å². The van der Waals surface area contributed by atoms with Crippen LogP contribution in [0.25, 0.3) is 97.0 Å². The minimum absolute atomic E-state index is 1.28. The Morgan fingerprint density at radius 1 is 0.167 bits per heavy atom. The molecule has 0 radical (unpaired) electrons. The standard InChI is InChI=1S/C42H24/c1-4-10-31-25(7-1)13-16-28-19-22-34-40(37(28)31)35-23-20-29-17-14-26-8-2-5-11-32(26)38(29)42(35)36-24-21-30-18-15-27-9-3-6-12-33(27)39(30)41(34)36/h1-24H. The highest BCUT2D eigenvalue weighted by molar-refractivity contribution is 6.44. The Balaban J connectivity index is 1.64. The second kappa shape index (κ2) is 8.06. The van der Waals surface area contributed by atoms with Crippen molar-refractivity contribution in [3.63, 3.8) is 0 Å². The van der Waals surface area contributed by atoms with E-state index in [0.29, 0.717) is 0 Å². The van der Waals surface area contributed by atoms with Crippen molar-refractivity contribution in [3.8, 4) is 0 Å². The predicted molar refractivity (Wildman–Crippen MR) is 184 cm³/mol. The van der Waals surface area contributed by atoms with E-state index in [4.69, 9.17) is 0 Å². The third-order valence-electron chi connectivity index (χ3n) is 9.54. The van der Waals surface area contributed by atoms with Crippen molar-refractivity contribution in [2.24, 2.45) is 0 Å². The van der Waals surface area contributed by atoms with Gasteiger partial charge in [0.25, 0.3) is 0 Å². The van der Waals surface area contributed by atoms with E-state index < -0.39 is 0 Å². The number of benzene rings is 10. The Morgan fingerprint density at radius 2 is 0.429 bits per heavy atom. The minimum Gasteiger partial charge on any atom is -0.0616 e. The molecule has 0 heterocycles. The molecule has 10 aromatic carbocycles. The van der Waals surface area contributed by atoms with Crippen LogP contribution in [-0.4, -0.2) is 0 Å². The summed E-state index contributed by atoms with van der Waals surface area (Å²) in [6, 6.07) is 54.4. The zero-order valence-corrected chi connectivity index (χ0v) is 22.9. The Kier molecular flexibility index (Phi) is 4.27. The van der Waals surface area contributed by atoms with E-state index in [0.717, 1.165) is 0 Å². The molecule has 0 nitrogen and oxygen atoms in total. The largest absolute Gasteiger partial charge is 0.0616 e. The molecule has 10 aromatic rings. The topological polar surface area (TPSA) is 0 Å². The molecule has 0 bridgehead atoms. The van der Waals surface area contributed by atoms with Gasteiger partial charge in [-0.05, 0) is 97.0 Å². The number of hydrogen-bond acceptors (Lipinski definition) is 0. The summed E-state index contributed by atoms with van der Waals surface area (Å²) >= 11 is 0. The van der Waals surface area contributed by atoms with E-state index in [-0.39, 0.29) is 0 Å². The molecule has 0 spiro atoms. The first kappa shape index (κ1) is 22.3. The van der Waals surface area contributed by atoms with Crippen LogP contribution in [0.4, 0.5) is 0 Å². The highest BCUT2D eigenvalue weighted by Crippen LogP contribution is 2.47. The summed E-state index contributed by atoms with van der Waals surface area (Å²) < 4.78 is 0. The quantitative estimate of drug-likeness (QED) is 0.172. The maximum absolute atomic E-state index is 2.38. The number of rotatable bonds is 0. The van der Waals surface area contributed by atoms with Crippen LogP contribution in [-0.2, 0) is 0 Å². The smallest absolute Gasteiger partial charge is 0.00137 e. The molecule has 0 amide bonds. The number of hydrogen-bond donors (Lipinski definition) is 0. The predicted octanol–water partition coefficient (Wildman–Crippen LogP) is 12.1. The fraction of sp³-hybridized carbons (Fsp3) is 0. The molecule has 0 saturated heterocycles. The van der Waals surface area contributed by atoms with Crippen LogP contribution in [0.2, 0.25) is 0 Å². The van der Waals surface area contributed by atoms with Gasteiger partial charge in [0, 0.05) is 0 Å². The first-order valence-electron chi connectivity index (χ1n) is 14.7. The van der Waals surface area contributed by atoms with Gasteiger partial charge in [-0.1, -0.05) is 146 Å². The summed E-state index contributed by atoms with van der Waals surface area (Å²) in [7, 11) is 0. The van der Waals surface area contributed by atoms with Crippen LogP contribution in [0.15, 0.2) is 146 Å². The Morgan fingerprint density at radius 3 is 0.762 bits per heavy atom. The molecule has 0 aliphatic heterocycles. The Labute approximate surface area is 242 Å². The van der Waals surface area contributed by atoms with Gasteiger partial charge < -0.3 is 0 Å². The molecule has 0 heteroatoms. The Bertz CT molecular complexity index is 2440. The molecule has 0 unspecified atom stereocenters. The fourth-order valence-electron chi connectivity index (χ4n) is 7.76. The molecule has 192 valence electrons. The maximum Gasteiger partial charge on any atom is -0.00137 e. The SMILES string of the molecule is c1ccc2c(c1)ccc1ccc3c(c4ccc5ccc6ccccc6c5c4c4ccc5ccc6ccccc6c5c34)c12. The van der Waals surface area contributed by atoms with Gasteiger partial charge in [-0.3, -0.25) is 0 Å². The van der Waals surface area contributed by atoms with Crippen molar-refractivity contribution in [2.45, 2.75) is 0 Å². The lowest BCUT2D eigenvalue weighted by atomic mass is 9.84. The summed E-state index contributed by atoms with van der Waals surface area (Å²) in [5.41, 5.74) is 0. The number of fused-ring (bicyclic) bond motifs is 18. The third kappa shape index (κ3) is 2.81. The van der Waals surface area contributed by atoms with E-state index in [1.807, 2.05) is 0 Å². The van der Waals surface area contributed by atoms with Gasteiger partial charge >= 0.3 is 0 Å². The third-order valence-corrected chi connectivity index (χ3v) is 9.54. The fourth-order valence-corrected chi connectivity index (χ4v) is 7.76. The van der Waals surface area contributed by atoms with Gasteiger partial charge in [0.2, 0.25) is 0 Å². The van der Waals surface area contributed by atoms with E-state index in [1.54, 1.807) is 0 Å². The van der Waals surface area contributed by atoms with Crippen molar-refractivity contribution in [2.75, 3.05) is 0 Å². The van der Waals surface area contributed by atoms with E-state index >= 15 is 0 Å². The average Bonchev–Trinajstić information content (AvgIpc) is 3.06. The van der Waals surface area contributed by atoms with E-state index in [2.05, 4.69) is 146 Å². The van der Waals surface area contributed by atoms with Crippen LogP contribution in [0, 0.1) is 0 Å². The lowest BCUT2D eigenvalue weighted by Gasteiger charge is -2.19. The van der Waals surface area contributed by atoms with E-state index in [1.165, 1.54) is 97.0 Å². The normalized spacial score (nSPS) is 12.3. The molecule has 0 N–H and O–H groups in total. The Hall–Kier alpha value is -5.46. The highest BCUT2D eigenvalue weighted by atomic mass is 14.2. The first-order valence-corrected chi connectivity index (χ1v) is 14.7. The van der Waals surface area contributed by atoms with Crippen LogP contribution < -0.4 is 0 Å². The lowest BCUT2D eigenvalue weighted by Crippen LogP contribution is -1.90. The maximum atomic E-state index is 2.38. The molecule has 0 aliphatic carbocycles. The van der Waals surface area contributed by atoms with Gasteiger partial charge in [0.05, 0.1) is 0 Å². The monoisotopic (exact) mass is 528 g/mol. The molecule has 42 heavy (non-hydrogen) atoms. The first-order chi connectivity index (χ1) is 20.8. The zero-order valence-electron chi connectivity index (χ0n) is 22.9. The van der Waals surface area contributed by atoms with Crippen molar-refractivity contribution in [3.05, 3.63) is 146 Å². The summed E-state index contributed by atoms with van der Waals surface area (Å²) in [6.07, 6.45) is 0. The molecular weight excluding hydrogens is 504 g/mol. The van der Waals surface area contributed by atoms with Crippen LogP contribution in [0.3, 0.4) is 0 Å². The second-order valence-electron chi connectivity index (χ2n) is 11.6. The van der Waals surface area contributed by atoms with Crippen molar-refractivity contribution >= 4 is 97.0 Å². The summed E-state index contributed by atoms with van der Waals surface area (Å²) in [5.74, 6) is 0. The minimum atomic E-state index is 1.28. The van der Waals surface area contributed by atoms with Crippen molar-refractivity contribution < 1.29 is 0 Å². The summed E-state index contributed by atoms with van der Waals surface area (Å²) in [6.45, 7) is 0. The van der Waals surface area contributed by atoms with Crippen molar-refractivity contribution in [1.82, 2.24) is 0 Å². The van der Waals surface area contributed by atoms with Gasteiger partial charge in [0.1, 0.15) is 0 Å². The lowest BCUT2D eigenvalue weighted by molar-refractivity contribution is 1.78. The molecule has 0 fully saturated rings. The molecule has 0 aromatic heterocycles. The highest BCUT2D eigenvalue weighted by Gasteiger charge is 2.18. The summed E-state index contributed by atoms with van der Waals surface area (Å²) in [5, 5.41) is 23.6. The average molecular weight is 529 g/mol. The van der Waals surface area contributed by atoms with Gasteiger partial charge in [-0.15, -0.1) is 0 Å². The molecule has 0 aliphatic rings. The van der Waals surface area contributed by atoms with Gasteiger partial charge in [-0.2, -0.15) is 0 Å². The van der Waals surface area contributed by atoms with Crippen LogP contribution in [0.1, 0.15) is 0 Å². The molecule has 0 saturated carbocycles. The van der Waals surface area contributed by atoms with E-state index in [9.17, 15) is 0 Å². The van der Waals surface area contributed by atoms with Gasteiger partial charge in [-0.25, -0.2) is 0 Å². The molecule has 0 atom stereocenters. The molecule has 10 rings (SSSR count). The van der Waals surface area contributed by atoms with Crippen LogP contribution >= 0.6 is 0 Å². The van der Waals surface area contributed by atoms with Crippen molar-refractivity contribution in [1.29, 1.82) is 0 Å². The molecular formula is C42H24. The second-order valence-corrected chi connectivity index (χ2v) is 11.6. The summed E-state index contributed by atoms with van der Waals surface area (Å²) in [4.78, 5) is 0.